The molecule has 9 heteroatoms. The molecule has 2 heterocycles. The standard InChI is InChI=1S/C11H14F3N3O2S/c12-11(13,14)9-15-16-10(20-9)17-5-3-7(4-6-17)1-2-8(18)19/h7H,1-6H2,(H,18,19). The maximum atomic E-state index is 12.4. The van der Waals surface area contributed by atoms with E-state index in [1.807, 2.05) is 0 Å². The molecule has 0 bridgehead atoms. The molecule has 1 aliphatic rings. The normalized spacial score (nSPS) is 17.4. The van der Waals surface area contributed by atoms with Gasteiger partial charge in [0.25, 0.3) is 0 Å². The highest BCUT2D eigenvalue weighted by Gasteiger charge is 2.36. The first-order valence-electron chi connectivity index (χ1n) is 6.23. The molecule has 0 spiro atoms. The molecule has 0 atom stereocenters. The second-order valence-electron chi connectivity index (χ2n) is 4.75. The van der Waals surface area contributed by atoms with E-state index in [0.717, 1.165) is 12.8 Å². The molecule has 2 rings (SSSR count). The third-order valence-electron chi connectivity index (χ3n) is 3.31. The van der Waals surface area contributed by atoms with Crippen LogP contribution in [0.15, 0.2) is 0 Å². The average Bonchev–Trinajstić information content (AvgIpc) is 2.86. The number of halogens is 3. The highest BCUT2D eigenvalue weighted by atomic mass is 32.1. The molecule has 0 unspecified atom stereocenters. The summed E-state index contributed by atoms with van der Waals surface area (Å²) in [6, 6.07) is 0. The number of alkyl halides is 3. The largest absolute Gasteiger partial charge is 0.481 e. The van der Waals surface area contributed by atoms with Gasteiger partial charge in [-0.25, -0.2) is 0 Å². The highest BCUT2D eigenvalue weighted by molar-refractivity contribution is 7.15. The molecule has 1 saturated heterocycles. The van der Waals surface area contributed by atoms with Gasteiger partial charge in [-0.1, -0.05) is 11.3 Å². The number of carbonyl (C=O) groups is 1. The maximum absolute atomic E-state index is 12.4. The average molecular weight is 309 g/mol. The van der Waals surface area contributed by atoms with Crippen molar-refractivity contribution >= 4 is 22.4 Å². The van der Waals surface area contributed by atoms with Crippen molar-refractivity contribution in [2.45, 2.75) is 31.9 Å². The van der Waals surface area contributed by atoms with Gasteiger partial charge in [0.2, 0.25) is 10.1 Å². The number of hydrogen-bond donors (Lipinski definition) is 1. The topological polar surface area (TPSA) is 66.3 Å². The molecule has 1 fully saturated rings. The van der Waals surface area contributed by atoms with E-state index in [9.17, 15) is 18.0 Å². The van der Waals surface area contributed by atoms with Crippen molar-refractivity contribution < 1.29 is 23.1 Å². The summed E-state index contributed by atoms with van der Waals surface area (Å²) in [5, 5.41) is 14.7. The van der Waals surface area contributed by atoms with Crippen molar-refractivity contribution in [2.75, 3.05) is 18.0 Å². The van der Waals surface area contributed by atoms with E-state index in [1.165, 1.54) is 0 Å². The summed E-state index contributed by atoms with van der Waals surface area (Å²) in [7, 11) is 0. The van der Waals surface area contributed by atoms with E-state index in [2.05, 4.69) is 10.2 Å². The summed E-state index contributed by atoms with van der Waals surface area (Å²) >= 11 is 0.550. The molecule has 1 N–H and O–H groups in total. The van der Waals surface area contributed by atoms with Gasteiger partial charge in [0.05, 0.1) is 0 Å². The Morgan fingerprint density at radius 3 is 2.50 bits per heavy atom. The van der Waals surface area contributed by atoms with Gasteiger partial charge >= 0.3 is 12.1 Å². The van der Waals surface area contributed by atoms with Gasteiger partial charge in [0.1, 0.15) is 0 Å². The van der Waals surface area contributed by atoms with Gasteiger partial charge in [-0.15, -0.1) is 10.2 Å². The highest BCUT2D eigenvalue weighted by Crippen LogP contribution is 2.35. The van der Waals surface area contributed by atoms with E-state index in [0.29, 0.717) is 36.8 Å². The zero-order valence-electron chi connectivity index (χ0n) is 10.6. The van der Waals surface area contributed by atoms with E-state index >= 15 is 0 Å². The first-order chi connectivity index (χ1) is 9.36. The third-order valence-corrected chi connectivity index (χ3v) is 4.34. The number of carboxylic acid groups (broad SMARTS) is 1. The van der Waals surface area contributed by atoms with Crippen LogP contribution in [0.1, 0.15) is 30.7 Å². The number of rotatable bonds is 4. The fourth-order valence-corrected chi connectivity index (χ4v) is 2.96. The smallest absolute Gasteiger partial charge is 0.445 e. The molecular weight excluding hydrogens is 295 g/mol. The zero-order valence-corrected chi connectivity index (χ0v) is 11.4. The first kappa shape index (κ1) is 15.0. The van der Waals surface area contributed by atoms with E-state index < -0.39 is 17.2 Å². The quantitative estimate of drug-likeness (QED) is 0.926. The minimum Gasteiger partial charge on any atom is -0.481 e. The summed E-state index contributed by atoms with van der Waals surface area (Å²) in [6.07, 6.45) is -2.15. The Kier molecular flexibility index (Phi) is 4.46. The summed E-state index contributed by atoms with van der Waals surface area (Å²) < 4.78 is 37.3. The number of carboxylic acids is 1. The Bertz CT molecular complexity index is 470. The zero-order chi connectivity index (χ0) is 14.8. The first-order valence-corrected chi connectivity index (χ1v) is 7.05. The number of piperidine rings is 1. The Morgan fingerprint density at radius 1 is 1.35 bits per heavy atom. The van der Waals surface area contributed by atoms with Crippen LogP contribution >= 0.6 is 11.3 Å². The van der Waals surface area contributed by atoms with E-state index in [1.54, 1.807) is 4.90 Å². The summed E-state index contributed by atoms with van der Waals surface area (Å²) in [6.45, 7) is 1.19. The summed E-state index contributed by atoms with van der Waals surface area (Å²) in [5.41, 5.74) is 0. The summed E-state index contributed by atoms with van der Waals surface area (Å²) in [5.74, 6) is -0.497. The lowest BCUT2D eigenvalue weighted by molar-refractivity contribution is -0.138. The van der Waals surface area contributed by atoms with E-state index in [4.69, 9.17) is 5.11 Å². The van der Waals surface area contributed by atoms with Crippen molar-refractivity contribution in [3.05, 3.63) is 5.01 Å². The summed E-state index contributed by atoms with van der Waals surface area (Å²) in [4.78, 5) is 12.3. The second-order valence-corrected chi connectivity index (χ2v) is 5.71. The van der Waals surface area contributed by atoms with Crippen LogP contribution in [0.25, 0.3) is 0 Å². The Morgan fingerprint density at radius 2 is 2.00 bits per heavy atom. The van der Waals surface area contributed by atoms with Crippen LogP contribution in [-0.4, -0.2) is 34.4 Å². The number of aliphatic carboxylic acids is 1. The molecule has 5 nitrogen and oxygen atoms in total. The van der Waals surface area contributed by atoms with Crippen LogP contribution in [0.4, 0.5) is 18.3 Å². The minimum absolute atomic E-state index is 0.141. The third kappa shape index (κ3) is 3.81. The van der Waals surface area contributed by atoms with Gasteiger partial charge in [0, 0.05) is 19.5 Å². The van der Waals surface area contributed by atoms with Gasteiger partial charge < -0.3 is 10.0 Å². The number of nitrogens with zero attached hydrogens (tertiary/aromatic N) is 3. The maximum Gasteiger partial charge on any atom is 0.445 e. The van der Waals surface area contributed by atoms with Crippen LogP contribution < -0.4 is 4.90 Å². The van der Waals surface area contributed by atoms with Gasteiger partial charge in [0.15, 0.2) is 0 Å². The molecule has 20 heavy (non-hydrogen) atoms. The molecule has 112 valence electrons. The van der Waals surface area contributed by atoms with Gasteiger partial charge in [-0.2, -0.15) is 13.2 Å². The fourth-order valence-electron chi connectivity index (χ4n) is 2.20. The van der Waals surface area contributed by atoms with Crippen LogP contribution in [0.3, 0.4) is 0 Å². The van der Waals surface area contributed by atoms with Crippen LogP contribution in [0.5, 0.6) is 0 Å². The van der Waals surface area contributed by atoms with E-state index in [-0.39, 0.29) is 11.6 Å². The van der Waals surface area contributed by atoms with Crippen LogP contribution in [0.2, 0.25) is 0 Å². The lowest BCUT2D eigenvalue weighted by Crippen LogP contribution is -2.33. The predicted molar refractivity (Wildman–Crippen MR) is 66.7 cm³/mol. The molecule has 0 saturated carbocycles. The van der Waals surface area contributed by atoms with Crippen molar-refractivity contribution in [3.63, 3.8) is 0 Å². The lowest BCUT2D eigenvalue weighted by atomic mass is 9.92. The monoisotopic (exact) mass is 309 g/mol. The molecular formula is C11H14F3N3O2S. The number of aromatic nitrogens is 2. The Labute approximate surface area is 117 Å². The SMILES string of the molecule is O=C(O)CCC1CCN(c2nnc(C(F)(F)F)s2)CC1. The second kappa shape index (κ2) is 5.94. The minimum atomic E-state index is -4.45. The van der Waals surface area contributed by atoms with Crippen molar-refractivity contribution in [1.29, 1.82) is 0 Å². The fraction of sp³-hybridized carbons (Fsp3) is 0.727. The lowest BCUT2D eigenvalue weighted by Gasteiger charge is -2.31. The molecule has 1 aromatic rings. The van der Waals surface area contributed by atoms with Gasteiger partial charge in [-0.3, -0.25) is 4.79 Å². The molecule has 0 aromatic carbocycles. The number of anilines is 1. The van der Waals surface area contributed by atoms with Crippen LogP contribution in [0, 0.1) is 5.92 Å². The molecule has 1 aromatic heterocycles. The van der Waals surface area contributed by atoms with Crippen LogP contribution in [-0.2, 0) is 11.0 Å². The Balaban J connectivity index is 1.87. The molecule has 0 radical (unpaired) electrons. The molecule has 1 aliphatic heterocycles. The van der Waals surface area contributed by atoms with Gasteiger partial charge in [-0.05, 0) is 25.2 Å². The predicted octanol–water partition coefficient (Wildman–Crippen LogP) is 2.64. The molecule has 0 amide bonds. The van der Waals surface area contributed by atoms with Crippen molar-refractivity contribution in [2.24, 2.45) is 5.92 Å². The molecule has 0 aliphatic carbocycles. The van der Waals surface area contributed by atoms with Crippen molar-refractivity contribution in [1.82, 2.24) is 10.2 Å². The Hall–Kier alpha value is -1.38. The number of hydrogen-bond acceptors (Lipinski definition) is 5. The van der Waals surface area contributed by atoms with Crippen molar-refractivity contribution in [3.8, 4) is 0 Å².